The van der Waals surface area contributed by atoms with Crippen LogP contribution in [0.15, 0.2) is 47.8 Å². The normalized spacial score (nSPS) is 10.3. The summed E-state index contributed by atoms with van der Waals surface area (Å²) in [4.78, 5) is 27.5. The Balaban J connectivity index is 1.66. The first kappa shape index (κ1) is 21.3. The first-order valence-electron chi connectivity index (χ1n) is 8.93. The number of amides is 1. The zero-order valence-corrected chi connectivity index (χ0v) is 17.8. The molecule has 0 radical (unpaired) electrons. The zero-order chi connectivity index (χ0) is 21.7. The van der Waals surface area contributed by atoms with Crippen molar-refractivity contribution in [2.45, 2.75) is 13.8 Å². The lowest BCUT2D eigenvalue weighted by molar-refractivity contribution is -0.385. The predicted molar refractivity (Wildman–Crippen MR) is 120 cm³/mol. The largest absolute Gasteiger partial charge is 0.487 e. The van der Waals surface area contributed by atoms with E-state index in [-0.39, 0.29) is 28.7 Å². The molecule has 10 heteroatoms. The van der Waals surface area contributed by atoms with Crippen molar-refractivity contribution in [3.8, 4) is 17.0 Å². The van der Waals surface area contributed by atoms with Crippen LogP contribution in [0, 0.1) is 17.0 Å². The van der Waals surface area contributed by atoms with Gasteiger partial charge >= 0.3 is 5.69 Å². The number of anilines is 1. The average molecular weight is 443 g/mol. The van der Waals surface area contributed by atoms with Crippen molar-refractivity contribution in [1.29, 1.82) is 0 Å². The Labute approximate surface area is 182 Å². The second-order valence-corrected chi connectivity index (χ2v) is 7.45. The molecule has 0 atom stereocenters. The van der Waals surface area contributed by atoms with Crippen LogP contribution >= 0.6 is 23.6 Å². The molecule has 30 heavy (non-hydrogen) atoms. The number of carbonyl (C=O) groups is 1. The monoisotopic (exact) mass is 442 g/mol. The van der Waals surface area contributed by atoms with Gasteiger partial charge in [-0.2, -0.15) is 0 Å². The van der Waals surface area contributed by atoms with Gasteiger partial charge in [-0.25, -0.2) is 4.98 Å². The minimum Gasteiger partial charge on any atom is -0.487 e. The first-order chi connectivity index (χ1) is 14.4. The van der Waals surface area contributed by atoms with Crippen LogP contribution in [-0.4, -0.2) is 27.5 Å². The van der Waals surface area contributed by atoms with Crippen LogP contribution in [0.3, 0.4) is 0 Å². The van der Waals surface area contributed by atoms with E-state index in [0.29, 0.717) is 5.13 Å². The van der Waals surface area contributed by atoms with Gasteiger partial charge in [0, 0.05) is 22.6 Å². The number of thiocarbonyl (C=S) groups is 1. The van der Waals surface area contributed by atoms with Gasteiger partial charge in [-0.05, 0) is 38.2 Å². The number of hydrogen-bond acceptors (Lipinski definition) is 7. The van der Waals surface area contributed by atoms with Crippen molar-refractivity contribution in [3.05, 3.63) is 69.1 Å². The Bertz CT molecular complexity index is 1100. The molecule has 0 unspecified atom stereocenters. The van der Waals surface area contributed by atoms with Gasteiger partial charge in [-0.1, -0.05) is 29.8 Å². The summed E-state index contributed by atoms with van der Waals surface area (Å²) >= 11 is 6.52. The number of hydrogen-bond donors (Lipinski definition) is 2. The summed E-state index contributed by atoms with van der Waals surface area (Å²) in [6.45, 7) is 4.01. The van der Waals surface area contributed by atoms with Crippen molar-refractivity contribution in [2.24, 2.45) is 0 Å². The summed E-state index contributed by atoms with van der Waals surface area (Å²) in [5.74, 6) is -0.472. The molecule has 3 aromatic rings. The lowest BCUT2D eigenvalue weighted by Gasteiger charge is -2.09. The van der Waals surface area contributed by atoms with Crippen LogP contribution in [-0.2, 0) is 0 Å². The van der Waals surface area contributed by atoms with Gasteiger partial charge in [0.2, 0.25) is 0 Å². The summed E-state index contributed by atoms with van der Waals surface area (Å²) in [6, 6.07) is 11.9. The molecule has 0 bridgehead atoms. The second kappa shape index (κ2) is 9.42. The number of thiazole rings is 1. The fourth-order valence-corrected chi connectivity index (χ4v) is 3.55. The number of ether oxygens (including phenoxy) is 1. The van der Waals surface area contributed by atoms with E-state index in [1.54, 1.807) is 6.92 Å². The molecule has 2 N–H and O–H groups in total. The van der Waals surface area contributed by atoms with Crippen LogP contribution < -0.4 is 15.4 Å². The maximum Gasteiger partial charge on any atom is 0.311 e. The Morgan fingerprint density at radius 3 is 2.67 bits per heavy atom. The van der Waals surface area contributed by atoms with E-state index in [1.165, 1.54) is 23.5 Å². The van der Waals surface area contributed by atoms with E-state index < -0.39 is 10.8 Å². The molecule has 0 fully saturated rings. The molecule has 0 saturated carbocycles. The number of carbonyl (C=O) groups excluding carboxylic acids is 1. The van der Waals surface area contributed by atoms with E-state index in [4.69, 9.17) is 17.0 Å². The molecule has 1 aromatic heterocycles. The molecular weight excluding hydrogens is 424 g/mol. The van der Waals surface area contributed by atoms with Gasteiger partial charge < -0.3 is 10.1 Å². The quantitative estimate of drug-likeness (QED) is 0.328. The minimum atomic E-state index is -0.597. The summed E-state index contributed by atoms with van der Waals surface area (Å²) in [7, 11) is 0. The van der Waals surface area contributed by atoms with Crippen molar-refractivity contribution >= 4 is 45.4 Å². The number of aryl methyl sites for hydroxylation is 1. The summed E-state index contributed by atoms with van der Waals surface area (Å²) in [5, 5.41) is 19.0. The fourth-order valence-electron chi connectivity index (χ4n) is 2.57. The highest BCUT2D eigenvalue weighted by Gasteiger charge is 2.19. The molecule has 0 spiro atoms. The van der Waals surface area contributed by atoms with Crippen LogP contribution in [0.2, 0.25) is 0 Å². The molecule has 0 aliphatic rings. The topological polar surface area (TPSA) is 106 Å². The molecule has 1 amide bonds. The Morgan fingerprint density at radius 2 is 2.00 bits per heavy atom. The molecule has 3 rings (SSSR count). The number of nitrogens with one attached hydrogen (secondary N) is 2. The van der Waals surface area contributed by atoms with Crippen molar-refractivity contribution in [3.63, 3.8) is 0 Å². The first-order valence-corrected chi connectivity index (χ1v) is 10.2. The minimum absolute atomic E-state index is 0.0429. The molecule has 1 heterocycles. The van der Waals surface area contributed by atoms with Crippen molar-refractivity contribution < 1.29 is 14.5 Å². The number of benzene rings is 2. The van der Waals surface area contributed by atoms with Gasteiger partial charge in [0.05, 0.1) is 17.2 Å². The standard InChI is InChI=1S/C20H18N4O4S2/c1-3-28-17-9-8-14(10-16(17)24(26)27)18(25)22-19(29)23-20-21-15(11-30-20)13-6-4-12(2)5-7-13/h4-11H,3H2,1-2H3,(H2,21,22,23,25,29). The van der Waals surface area contributed by atoms with Crippen molar-refractivity contribution in [1.82, 2.24) is 10.3 Å². The van der Waals surface area contributed by atoms with Crippen LogP contribution in [0.5, 0.6) is 5.75 Å². The maximum absolute atomic E-state index is 12.4. The highest BCUT2D eigenvalue weighted by atomic mass is 32.1. The van der Waals surface area contributed by atoms with Crippen LogP contribution in [0.1, 0.15) is 22.8 Å². The van der Waals surface area contributed by atoms with E-state index >= 15 is 0 Å². The zero-order valence-electron chi connectivity index (χ0n) is 16.2. The SMILES string of the molecule is CCOc1ccc(C(=O)NC(=S)Nc2nc(-c3ccc(C)cc3)cs2)cc1[N+](=O)[O-]. The molecule has 2 aromatic carbocycles. The molecule has 0 saturated heterocycles. The second-order valence-electron chi connectivity index (χ2n) is 6.18. The van der Waals surface area contributed by atoms with Gasteiger partial charge in [-0.15, -0.1) is 11.3 Å². The van der Waals surface area contributed by atoms with Crippen LogP contribution in [0.4, 0.5) is 10.8 Å². The summed E-state index contributed by atoms with van der Waals surface area (Å²) in [5.41, 5.74) is 2.73. The highest BCUT2D eigenvalue weighted by Crippen LogP contribution is 2.28. The number of nitro benzene ring substituents is 1. The average Bonchev–Trinajstić information content (AvgIpc) is 3.17. The number of rotatable bonds is 6. The smallest absolute Gasteiger partial charge is 0.311 e. The third-order valence-corrected chi connectivity index (χ3v) is 4.98. The van der Waals surface area contributed by atoms with E-state index in [2.05, 4.69) is 15.6 Å². The fraction of sp³-hybridized carbons (Fsp3) is 0.150. The number of nitrogens with zero attached hydrogens (tertiary/aromatic N) is 2. The van der Waals surface area contributed by atoms with E-state index in [9.17, 15) is 14.9 Å². The summed E-state index contributed by atoms with van der Waals surface area (Å²) < 4.78 is 5.22. The maximum atomic E-state index is 12.4. The predicted octanol–water partition coefficient (Wildman–Crippen LogP) is 4.55. The Kier molecular flexibility index (Phi) is 6.70. The number of aromatic nitrogens is 1. The highest BCUT2D eigenvalue weighted by molar-refractivity contribution is 7.80. The third kappa shape index (κ3) is 5.16. The molecule has 8 nitrogen and oxygen atoms in total. The lowest BCUT2D eigenvalue weighted by Crippen LogP contribution is -2.34. The molecule has 154 valence electrons. The molecular formula is C20H18N4O4S2. The van der Waals surface area contributed by atoms with Crippen LogP contribution in [0.25, 0.3) is 11.3 Å². The molecule has 0 aliphatic carbocycles. The van der Waals surface area contributed by atoms with Gasteiger partial charge in [0.15, 0.2) is 16.0 Å². The number of nitro groups is 1. The van der Waals surface area contributed by atoms with Gasteiger partial charge in [0.25, 0.3) is 5.91 Å². The lowest BCUT2D eigenvalue weighted by atomic mass is 10.1. The Morgan fingerprint density at radius 1 is 1.27 bits per heavy atom. The van der Waals surface area contributed by atoms with Gasteiger partial charge in [-0.3, -0.25) is 20.2 Å². The Hall–Kier alpha value is -3.37. The van der Waals surface area contributed by atoms with E-state index in [0.717, 1.165) is 22.9 Å². The molecule has 0 aliphatic heterocycles. The third-order valence-electron chi connectivity index (χ3n) is 4.02. The van der Waals surface area contributed by atoms with E-state index in [1.807, 2.05) is 36.6 Å². The van der Waals surface area contributed by atoms with Gasteiger partial charge in [0.1, 0.15) is 0 Å². The van der Waals surface area contributed by atoms with Crippen molar-refractivity contribution in [2.75, 3.05) is 11.9 Å². The summed E-state index contributed by atoms with van der Waals surface area (Å²) in [6.07, 6.45) is 0.